The van der Waals surface area contributed by atoms with E-state index in [4.69, 9.17) is 5.26 Å². The van der Waals surface area contributed by atoms with Crippen LogP contribution in [0, 0.1) is 11.3 Å². The molecule has 1 heterocycles. The molecule has 4 heteroatoms. The molecule has 1 aromatic rings. The van der Waals surface area contributed by atoms with E-state index in [0.717, 1.165) is 4.47 Å². The van der Waals surface area contributed by atoms with Gasteiger partial charge in [0.25, 0.3) is 0 Å². The third-order valence-electron chi connectivity index (χ3n) is 0.948. The molecule has 0 N–H and O–H groups in total. The molecule has 0 bridgehead atoms. The first kappa shape index (κ1) is 7.70. The summed E-state index contributed by atoms with van der Waals surface area (Å²) in [7, 11) is 0. The zero-order valence-electron chi connectivity index (χ0n) is 4.81. The maximum Gasteiger partial charge on any atom is 0.155 e. The summed E-state index contributed by atoms with van der Waals surface area (Å²) in [4.78, 5) is 3.82. The van der Waals surface area contributed by atoms with E-state index in [1.165, 1.54) is 0 Å². The Morgan fingerprint density at radius 1 is 1.50 bits per heavy atom. The van der Waals surface area contributed by atoms with Gasteiger partial charge in [0.2, 0.25) is 0 Å². The Bertz CT molecular complexity index is 290. The predicted octanol–water partition coefficient (Wildman–Crippen LogP) is 2.48. The number of hydrogen-bond acceptors (Lipinski definition) is 2. The molecule has 0 spiro atoms. The number of nitrogens with zero attached hydrogens (tertiary/aromatic N) is 2. The number of pyridine rings is 1. The second kappa shape index (κ2) is 3.13. The third-order valence-corrected chi connectivity index (χ3v) is 2.94. The van der Waals surface area contributed by atoms with Gasteiger partial charge < -0.3 is 0 Å². The largest absolute Gasteiger partial charge is 0.244 e. The van der Waals surface area contributed by atoms with Crippen molar-refractivity contribution in [2.45, 2.75) is 0 Å². The Kier molecular flexibility index (Phi) is 2.41. The van der Waals surface area contributed by atoms with Crippen molar-refractivity contribution >= 4 is 31.9 Å². The number of rotatable bonds is 0. The average Bonchev–Trinajstić information content (AvgIpc) is 1.95. The van der Waals surface area contributed by atoms with Gasteiger partial charge in [-0.3, -0.25) is 0 Å². The van der Waals surface area contributed by atoms with E-state index >= 15 is 0 Å². The van der Waals surface area contributed by atoms with Gasteiger partial charge in [0, 0.05) is 10.7 Å². The number of hydrogen-bond donors (Lipinski definition) is 0. The SMILES string of the molecule is N#Cc1nccc(Br)c1Br. The minimum atomic E-state index is 0.398. The summed E-state index contributed by atoms with van der Waals surface area (Å²) in [5.74, 6) is 0. The maximum absolute atomic E-state index is 8.48. The van der Waals surface area contributed by atoms with Gasteiger partial charge in [0.05, 0.1) is 4.47 Å². The number of nitriles is 1. The zero-order chi connectivity index (χ0) is 7.56. The highest BCUT2D eigenvalue weighted by atomic mass is 79.9. The van der Waals surface area contributed by atoms with E-state index in [2.05, 4.69) is 36.8 Å². The Labute approximate surface area is 75.1 Å². The summed E-state index contributed by atoms with van der Waals surface area (Å²) in [5, 5.41) is 8.48. The standard InChI is InChI=1S/C6H2Br2N2/c7-4-1-2-10-5(3-9)6(4)8/h1-2H. The summed E-state index contributed by atoms with van der Waals surface area (Å²) in [6.07, 6.45) is 1.58. The summed E-state index contributed by atoms with van der Waals surface area (Å²) < 4.78 is 1.55. The number of aromatic nitrogens is 1. The van der Waals surface area contributed by atoms with Crippen molar-refractivity contribution in [2.24, 2.45) is 0 Å². The molecule has 0 fully saturated rings. The highest BCUT2D eigenvalue weighted by molar-refractivity contribution is 9.13. The minimum Gasteiger partial charge on any atom is -0.244 e. The monoisotopic (exact) mass is 260 g/mol. The van der Waals surface area contributed by atoms with E-state index < -0.39 is 0 Å². The molecule has 0 amide bonds. The van der Waals surface area contributed by atoms with Gasteiger partial charge in [0.15, 0.2) is 5.69 Å². The first-order chi connectivity index (χ1) is 4.75. The first-order valence-electron chi connectivity index (χ1n) is 2.46. The summed E-state index contributed by atoms with van der Waals surface area (Å²) in [6.45, 7) is 0. The van der Waals surface area contributed by atoms with E-state index in [-0.39, 0.29) is 0 Å². The Balaban J connectivity index is 3.31. The normalized spacial score (nSPS) is 8.90. The lowest BCUT2D eigenvalue weighted by Crippen LogP contribution is -1.82. The van der Waals surface area contributed by atoms with E-state index in [9.17, 15) is 0 Å². The molecule has 0 saturated carbocycles. The molecule has 0 unspecified atom stereocenters. The highest BCUT2D eigenvalue weighted by Crippen LogP contribution is 2.23. The van der Waals surface area contributed by atoms with Crippen LogP contribution in [-0.4, -0.2) is 4.98 Å². The fourth-order valence-corrected chi connectivity index (χ4v) is 1.13. The van der Waals surface area contributed by atoms with Gasteiger partial charge in [-0.1, -0.05) is 0 Å². The van der Waals surface area contributed by atoms with Crippen molar-refractivity contribution in [2.75, 3.05) is 0 Å². The summed E-state index contributed by atoms with van der Waals surface area (Å²) in [6, 6.07) is 3.72. The highest BCUT2D eigenvalue weighted by Gasteiger charge is 2.01. The van der Waals surface area contributed by atoms with Crippen LogP contribution < -0.4 is 0 Å². The lowest BCUT2D eigenvalue weighted by atomic mass is 10.4. The fraction of sp³-hybridized carbons (Fsp3) is 0. The van der Waals surface area contributed by atoms with E-state index in [1.54, 1.807) is 12.3 Å². The molecular formula is C6H2Br2N2. The lowest BCUT2D eigenvalue weighted by Gasteiger charge is -1.94. The molecular weight excluding hydrogens is 260 g/mol. The molecule has 1 aromatic heterocycles. The van der Waals surface area contributed by atoms with Crippen LogP contribution in [0.1, 0.15) is 5.69 Å². The van der Waals surface area contributed by atoms with Crippen molar-refractivity contribution in [1.82, 2.24) is 4.98 Å². The topological polar surface area (TPSA) is 36.7 Å². The Morgan fingerprint density at radius 2 is 2.20 bits per heavy atom. The first-order valence-corrected chi connectivity index (χ1v) is 4.04. The van der Waals surface area contributed by atoms with Gasteiger partial charge in [-0.25, -0.2) is 4.98 Å². The van der Waals surface area contributed by atoms with Crippen LogP contribution in [0.5, 0.6) is 0 Å². The van der Waals surface area contributed by atoms with Crippen molar-refractivity contribution in [3.8, 4) is 6.07 Å². The Morgan fingerprint density at radius 3 is 2.70 bits per heavy atom. The molecule has 10 heavy (non-hydrogen) atoms. The minimum absolute atomic E-state index is 0.398. The van der Waals surface area contributed by atoms with Crippen LogP contribution in [0.2, 0.25) is 0 Å². The lowest BCUT2D eigenvalue weighted by molar-refractivity contribution is 1.23. The van der Waals surface area contributed by atoms with E-state index in [0.29, 0.717) is 10.2 Å². The smallest absolute Gasteiger partial charge is 0.155 e. The van der Waals surface area contributed by atoms with Gasteiger partial charge in [-0.15, -0.1) is 0 Å². The van der Waals surface area contributed by atoms with Crippen LogP contribution in [0.3, 0.4) is 0 Å². The third kappa shape index (κ3) is 1.36. The molecule has 0 aliphatic carbocycles. The molecule has 0 aliphatic rings. The van der Waals surface area contributed by atoms with Gasteiger partial charge >= 0.3 is 0 Å². The van der Waals surface area contributed by atoms with Crippen LogP contribution >= 0.6 is 31.9 Å². The summed E-state index contributed by atoms with van der Waals surface area (Å²) >= 11 is 6.46. The summed E-state index contributed by atoms with van der Waals surface area (Å²) in [5.41, 5.74) is 0.398. The average molecular weight is 262 g/mol. The van der Waals surface area contributed by atoms with E-state index in [1.807, 2.05) is 6.07 Å². The van der Waals surface area contributed by atoms with Crippen molar-refractivity contribution in [1.29, 1.82) is 5.26 Å². The van der Waals surface area contributed by atoms with Crippen molar-refractivity contribution in [3.63, 3.8) is 0 Å². The van der Waals surface area contributed by atoms with Crippen molar-refractivity contribution < 1.29 is 0 Å². The molecule has 1 rings (SSSR count). The zero-order valence-corrected chi connectivity index (χ0v) is 7.98. The molecule has 0 saturated heterocycles. The van der Waals surface area contributed by atoms with Crippen LogP contribution in [0.4, 0.5) is 0 Å². The Hall–Kier alpha value is -0.400. The van der Waals surface area contributed by atoms with Crippen LogP contribution in [0.15, 0.2) is 21.2 Å². The second-order valence-electron chi connectivity index (χ2n) is 1.57. The van der Waals surface area contributed by atoms with Gasteiger partial charge in [-0.05, 0) is 37.9 Å². The van der Waals surface area contributed by atoms with Crippen molar-refractivity contribution in [3.05, 3.63) is 26.9 Å². The quantitative estimate of drug-likeness (QED) is 0.720. The molecule has 50 valence electrons. The second-order valence-corrected chi connectivity index (χ2v) is 3.21. The van der Waals surface area contributed by atoms with Crippen LogP contribution in [-0.2, 0) is 0 Å². The van der Waals surface area contributed by atoms with Gasteiger partial charge in [-0.2, -0.15) is 5.26 Å². The van der Waals surface area contributed by atoms with Crippen LogP contribution in [0.25, 0.3) is 0 Å². The molecule has 0 aliphatic heterocycles. The maximum atomic E-state index is 8.48. The molecule has 2 nitrogen and oxygen atoms in total. The molecule has 0 aromatic carbocycles. The molecule has 0 radical (unpaired) electrons. The fourth-order valence-electron chi connectivity index (χ4n) is 0.498. The molecule has 0 atom stereocenters. The number of halogens is 2. The predicted molar refractivity (Wildman–Crippen MR) is 44.4 cm³/mol. The van der Waals surface area contributed by atoms with Gasteiger partial charge in [0.1, 0.15) is 6.07 Å².